The van der Waals surface area contributed by atoms with Crippen LogP contribution in [0.2, 0.25) is 0 Å². The Morgan fingerprint density at radius 2 is 2.18 bits per heavy atom. The molecule has 17 heavy (non-hydrogen) atoms. The van der Waals surface area contributed by atoms with E-state index in [1.54, 1.807) is 20.0 Å². The van der Waals surface area contributed by atoms with Gasteiger partial charge in [-0.2, -0.15) is 0 Å². The van der Waals surface area contributed by atoms with Crippen LogP contribution in [0.5, 0.6) is 0 Å². The van der Waals surface area contributed by atoms with Gasteiger partial charge in [-0.1, -0.05) is 18.7 Å². The van der Waals surface area contributed by atoms with Gasteiger partial charge in [0, 0.05) is 7.05 Å². The number of hydrogen-bond acceptors (Lipinski definition) is 3. The first-order valence-corrected chi connectivity index (χ1v) is 5.32. The molecule has 0 fully saturated rings. The lowest BCUT2D eigenvalue weighted by Crippen LogP contribution is -2.22. The SMILES string of the molecule is C=C(C)OCc1nc2ccccc2c(=O)n1C. The van der Waals surface area contributed by atoms with Crippen molar-refractivity contribution >= 4 is 10.9 Å². The van der Waals surface area contributed by atoms with Crippen LogP contribution in [0.1, 0.15) is 12.7 Å². The Kier molecular flexibility index (Phi) is 2.95. The summed E-state index contributed by atoms with van der Waals surface area (Å²) in [6.07, 6.45) is 0. The molecule has 2 rings (SSSR count). The summed E-state index contributed by atoms with van der Waals surface area (Å²) in [5.74, 6) is 1.20. The minimum Gasteiger partial charge on any atom is -0.491 e. The number of rotatable bonds is 3. The normalized spacial score (nSPS) is 10.5. The summed E-state index contributed by atoms with van der Waals surface area (Å²) in [7, 11) is 1.69. The molecule has 0 bridgehead atoms. The molecule has 0 radical (unpaired) electrons. The maximum absolute atomic E-state index is 12.0. The summed E-state index contributed by atoms with van der Waals surface area (Å²) < 4.78 is 6.80. The predicted octanol–water partition coefficient (Wildman–Crippen LogP) is 1.98. The van der Waals surface area contributed by atoms with Crippen LogP contribution in [0.4, 0.5) is 0 Å². The van der Waals surface area contributed by atoms with Crippen molar-refractivity contribution in [1.82, 2.24) is 9.55 Å². The smallest absolute Gasteiger partial charge is 0.261 e. The van der Waals surface area contributed by atoms with Gasteiger partial charge in [-0.05, 0) is 19.1 Å². The molecule has 0 saturated heterocycles. The van der Waals surface area contributed by atoms with E-state index in [4.69, 9.17) is 4.74 Å². The lowest BCUT2D eigenvalue weighted by Gasteiger charge is -2.10. The van der Waals surface area contributed by atoms with Crippen molar-refractivity contribution in [1.29, 1.82) is 0 Å². The van der Waals surface area contributed by atoms with Gasteiger partial charge in [0.2, 0.25) is 0 Å². The molecule has 1 heterocycles. The van der Waals surface area contributed by atoms with Gasteiger partial charge in [0.25, 0.3) is 5.56 Å². The van der Waals surface area contributed by atoms with Crippen LogP contribution in [0.25, 0.3) is 10.9 Å². The zero-order valence-electron chi connectivity index (χ0n) is 9.93. The predicted molar refractivity (Wildman–Crippen MR) is 66.6 cm³/mol. The fourth-order valence-corrected chi connectivity index (χ4v) is 1.58. The van der Waals surface area contributed by atoms with Gasteiger partial charge < -0.3 is 4.74 Å². The van der Waals surface area contributed by atoms with Crippen molar-refractivity contribution in [2.24, 2.45) is 7.05 Å². The molecule has 0 amide bonds. The molecule has 0 unspecified atom stereocenters. The molecule has 0 aliphatic carbocycles. The van der Waals surface area contributed by atoms with E-state index in [0.29, 0.717) is 22.5 Å². The van der Waals surface area contributed by atoms with Gasteiger partial charge in [-0.25, -0.2) is 4.98 Å². The zero-order chi connectivity index (χ0) is 12.4. The number of allylic oxidation sites excluding steroid dienone is 1. The van der Waals surface area contributed by atoms with Crippen molar-refractivity contribution in [2.75, 3.05) is 0 Å². The number of aromatic nitrogens is 2. The molecule has 0 spiro atoms. The lowest BCUT2D eigenvalue weighted by molar-refractivity contribution is 0.191. The van der Waals surface area contributed by atoms with E-state index >= 15 is 0 Å². The largest absolute Gasteiger partial charge is 0.491 e. The monoisotopic (exact) mass is 230 g/mol. The van der Waals surface area contributed by atoms with Crippen LogP contribution in [0.15, 0.2) is 41.4 Å². The maximum atomic E-state index is 12.0. The van der Waals surface area contributed by atoms with Crippen molar-refractivity contribution < 1.29 is 4.74 Å². The molecule has 0 N–H and O–H groups in total. The first-order valence-electron chi connectivity index (χ1n) is 5.32. The van der Waals surface area contributed by atoms with Gasteiger partial charge in [0.15, 0.2) is 0 Å². The molecule has 2 aromatic rings. The van der Waals surface area contributed by atoms with Gasteiger partial charge in [-0.15, -0.1) is 0 Å². The van der Waals surface area contributed by atoms with Crippen molar-refractivity contribution in [3.05, 3.63) is 52.8 Å². The van der Waals surface area contributed by atoms with Crippen molar-refractivity contribution in [2.45, 2.75) is 13.5 Å². The zero-order valence-corrected chi connectivity index (χ0v) is 9.93. The van der Waals surface area contributed by atoms with E-state index in [1.165, 1.54) is 4.57 Å². The second-order valence-corrected chi connectivity index (χ2v) is 3.90. The van der Waals surface area contributed by atoms with Crippen LogP contribution in [-0.2, 0) is 18.4 Å². The van der Waals surface area contributed by atoms with E-state index < -0.39 is 0 Å². The Bertz CT molecular complexity index is 629. The van der Waals surface area contributed by atoms with E-state index in [1.807, 2.05) is 18.2 Å². The molecule has 0 aliphatic rings. The lowest BCUT2D eigenvalue weighted by atomic mass is 10.2. The first-order chi connectivity index (χ1) is 8.09. The molecule has 0 saturated carbocycles. The molecule has 0 atom stereocenters. The molecular weight excluding hydrogens is 216 g/mol. The topological polar surface area (TPSA) is 44.1 Å². The molecule has 1 aromatic carbocycles. The van der Waals surface area contributed by atoms with Crippen LogP contribution >= 0.6 is 0 Å². The highest BCUT2D eigenvalue weighted by Crippen LogP contribution is 2.08. The Labute approximate surface area is 99.2 Å². The standard InChI is InChI=1S/C13H14N2O2/c1-9(2)17-8-12-14-11-7-5-4-6-10(11)13(16)15(12)3/h4-7H,1,8H2,2-3H3. The van der Waals surface area contributed by atoms with Crippen LogP contribution in [-0.4, -0.2) is 9.55 Å². The summed E-state index contributed by atoms with van der Waals surface area (Å²) in [5.41, 5.74) is 0.631. The highest BCUT2D eigenvalue weighted by atomic mass is 16.5. The van der Waals surface area contributed by atoms with Crippen molar-refractivity contribution in [3.63, 3.8) is 0 Å². The van der Waals surface area contributed by atoms with Crippen LogP contribution in [0, 0.1) is 0 Å². The van der Waals surface area contributed by atoms with Crippen molar-refractivity contribution in [3.8, 4) is 0 Å². The third kappa shape index (κ3) is 2.20. The molecule has 1 aromatic heterocycles. The van der Waals surface area contributed by atoms with E-state index in [9.17, 15) is 4.79 Å². The Balaban J connectivity index is 2.54. The number of nitrogens with zero attached hydrogens (tertiary/aromatic N) is 2. The minimum atomic E-state index is -0.0593. The fourth-order valence-electron chi connectivity index (χ4n) is 1.58. The van der Waals surface area contributed by atoms with E-state index in [-0.39, 0.29) is 12.2 Å². The number of fused-ring (bicyclic) bond motifs is 1. The molecule has 88 valence electrons. The average molecular weight is 230 g/mol. The Hall–Kier alpha value is -2.10. The number of benzene rings is 1. The van der Waals surface area contributed by atoms with Crippen LogP contribution in [0.3, 0.4) is 0 Å². The minimum absolute atomic E-state index is 0.0593. The molecular formula is C13H14N2O2. The summed E-state index contributed by atoms with van der Waals surface area (Å²) in [4.78, 5) is 16.4. The number of ether oxygens (including phenoxy) is 1. The number of hydrogen-bond donors (Lipinski definition) is 0. The molecule has 4 heteroatoms. The summed E-state index contributed by atoms with van der Waals surface area (Å²) in [5, 5.41) is 0.620. The second kappa shape index (κ2) is 4.41. The van der Waals surface area contributed by atoms with E-state index in [2.05, 4.69) is 11.6 Å². The molecule has 0 aliphatic heterocycles. The second-order valence-electron chi connectivity index (χ2n) is 3.90. The quantitative estimate of drug-likeness (QED) is 0.757. The average Bonchev–Trinajstić information content (AvgIpc) is 2.32. The third-order valence-corrected chi connectivity index (χ3v) is 2.52. The molecule has 4 nitrogen and oxygen atoms in total. The maximum Gasteiger partial charge on any atom is 0.261 e. The highest BCUT2D eigenvalue weighted by Gasteiger charge is 2.07. The first kappa shape index (κ1) is 11.4. The summed E-state index contributed by atoms with van der Waals surface area (Å²) in [6, 6.07) is 7.28. The summed E-state index contributed by atoms with van der Waals surface area (Å²) >= 11 is 0. The highest BCUT2D eigenvalue weighted by molar-refractivity contribution is 5.77. The van der Waals surface area contributed by atoms with Gasteiger partial charge in [0.1, 0.15) is 12.4 Å². The number of para-hydroxylation sites is 1. The third-order valence-electron chi connectivity index (χ3n) is 2.52. The Morgan fingerprint density at radius 1 is 1.47 bits per heavy atom. The van der Waals surface area contributed by atoms with Gasteiger partial charge in [-0.3, -0.25) is 9.36 Å². The van der Waals surface area contributed by atoms with E-state index in [0.717, 1.165) is 0 Å². The Morgan fingerprint density at radius 3 is 2.88 bits per heavy atom. The summed E-state index contributed by atoms with van der Waals surface area (Å²) in [6.45, 7) is 5.67. The van der Waals surface area contributed by atoms with Gasteiger partial charge in [0.05, 0.1) is 16.7 Å². The fraction of sp³-hybridized carbons (Fsp3) is 0.231. The van der Waals surface area contributed by atoms with Crippen LogP contribution < -0.4 is 5.56 Å². The van der Waals surface area contributed by atoms with Gasteiger partial charge >= 0.3 is 0 Å².